The summed E-state index contributed by atoms with van der Waals surface area (Å²) in [6.45, 7) is 4.34. The van der Waals surface area contributed by atoms with Crippen LogP contribution in [0.3, 0.4) is 0 Å². The van der Waals surface area contributed by atoms with E-state index in [0.29, 0.717) is 6.42 Å². The van der Waals surface area contributed by atoms with E-state index in [9.17, 15) is 4.79 Å². The number of aliphatic hydroxyl groups excluding tert-OH is 1. The van der Waals surface area contributed by atoms with E-state index in [0.717, 1.165) is 36.4 Å². The van der Waals surface area contributed by atoms with Crippen molar-refractivity contribution in [2.45, 2.75) is 46.0 Å². The van der Waals surface area contributed by atoms with Crippen molar-refractivity contribution in [3.8, 4) is 0 Å². The van der Waals surface area contributed by atoms with E-state index in [4.69, 9.17) is 9.84 Å². The van der Waals surface area contributed by atoms with E-state index >= 15 is 0 Å². The largest absolute Gasteiger partial charge is 0.469 e. The Kier molecular flexibility index (Phi) is 10.5. The zero-order valence-corrected chi connectivity index (χ0v) is 18.1. The average Bonchev–Trinajstić information content (AvgIpc) is 2.75. The Balaban J connectivity index is 0.00000361. The van der Waals surface area contributed by atoms with Gasteiger partial charge in [0.25, 0.3) is 0 Å². The number of ether oxygens (including phenoxy) is 1. The van der Waals surface area contributed by atoms with Crippen LogP contribution in [0, 0.1) is 49.5 Å². The maximum Gasteiger partial charge on any atom is 0.306 e. The summed E-state index contributed by atoms with van der Waals surface area (Å²) in [6, 6.07) is 0. The molecule has 0 amide bonds. The number of aromatic nitrogens is 1. The van der Waals surface area contributed by atoms with Crippen LogP contribution in [0.5, 0.6) is 0 Å². The van der Waals surface area contributed by atoms with E-state index in [1.165, 1.54) is 7.11 Å². The molecule has 0 saturated heterocycles. The first-order chi connectivity index (χ1) is 8.96. The van der Waals surface area contributed by atoms with Crippen molar-refractivity contribution in [3.63, 3.8) is 0 Å². The summed E-state index contributed by atoms with van der Waals surface area (Å²) >= 11 is 1.64. The second kappa shape index (κ2) is 10.3. The van der Waals surface area contributed by atoms with Crippen molar-refractivity contribution < 1.29 is 58.7 Å². The van der Waals surface area contributed by atoms with Gasteiger partial charge in [0, 0.05) is 62.5 Å². The van der Waals surface area contributed by atoms with Crippen LogP contribution in [0.2, 0.25) is 0 Å². The van der Waals surface area contributed by atoms with Gasteiger partial charge in [-0.25, -0.2) is 4.98 Å². The van der Waals surface area contributed by atoms with Gasteiger partial charge in [0.05, 0.1) is 24.2 Å². The first-order valence-corrected chi connectivity index (χ1v) is 7.46. The summed E-state index contributed by atoms with van der Waals surface area (Å²) in [4.78, 5) is 15.9. The summed E-state index contributed by atoms with van der Waals surface area (Å²) < 4.78 is 4.71. The molecule has 20 heavy (non-hydrogen) atoms. The molecule has 6 heteroatoms. The molecule has 1 heterocycles. The number of aliphatic hydroxyl groups is 1. The van der Waals surface area contributed by atoms with Gasteiger partial charge in [-0.2, -0.15) is 0 Å². The van der Waals surface area contributed by atoms with Crippen LogP contribution in [-0.2, 0) is 22.4 Å². The third-order valence-electron chi connectivity index (χ3n) is 2.92. The number of thiazole rings is 1. The van der Waals surface area contributed by atoms with Crippen molar-refractivity contribution >= 4 is 17.3 Å². The molecule has 0 bridgehead atoms. The van der Waals surface area contributed by atoms with Crippen molar-refractivity contribution in [3.05, 3.63) is 16.1 Å². The van der Waals surface area contributed by atoms with Gasteiger partial charge >= 0.3 is 5.97 Å². The Morgan fingerprint density at radius 2 is 2.15 bits per heavy atom. The van der Waals surface area contributed by atoms with Crippen molar-refractivity contribution in [1.82, 2.24) is 4.98 Å². The number of hydrogen-bond donors (Lipinski definition) is 1. The summed E-state index contributed by atoms with van der Waals surface area (Å²) in [6.07, 6.45) is 3.89. The van der Waals surface area contributed by atoms with Crippen molar-refractivity contribution in [2.24, 2.45) is 5.41 Å². The predicted octanol–water partition coefficient (Wildman–Crippen LogP) is 2.59. The fourth-order valence-corrected chi connectivity index (χ4v) is 2.98. The molecule has 0 aliphatic heterocycles. The molecule has 1 radical (unpaired) electrons. The summed E-state index contributed by atoms with van der Waals surface area (Å²) in [5, 5.41) is 11.9. The number of unbranched alkanes of at least 4 members (excludes halogenated alkanes) is 1. The van der Waals surface area contributed by atoms with E-state index in [1.54, 1.807) is 11.3 Å². The standard InChI is InChI=1S/C14H23NO3S.Ac/c1-14(2,9-13(17)18-3)8-12-15-11(10-19-12)6-4-5-7-16;/h10,16H,4-9H2,1-3H3;. The zero-order chi connectivity index (χ0) is 14.3. The molecule has 111 valence electrons. The van der Waals surface area contributed by atoms with Crippen LogP contribution in [0.4, 0.5) is 0 Å². The Bertz CT molecular complexity index is 407. The SMILES string of the molecule is COC(=O)CC(C)(C)Cc1nc(CCCCO)cs1.[Ac]. The fourth-order valence-electron chi connectivity index (χ4n) is 1.90. The first-order valence-electron chi connectivity index (χ1n) is 6.58. The molecule has 0 aliphatic rings. The number of rotatable bonds is 8. The van der Waals surface area contributed by atoms with E-state index in [2.05, 4.69) is 24.2 Å². The second-order valence-electron chi connectivity index (χ2n) is 5.51. The van der Waals surface area contributed by atoms with Crippen LogP contribution < -0.4 is 0 Å². The van der Waals surface area contributed by atoms with Gasteiger partial charge in [0.15, 0.2) is 0 Å². The Labute approximate surface area is 160 Å². The Morgan fingerprint density at radius 3 is 2.75 bits per heavy atom. The number of methoxy groups -OCH3 is 1. The normalized spacial score (nSPS) is 11.0. The first kappa shape index (κ1) is 20.5. The molecule has 0 atom stereocenters. The van der Waals surface area contributed by atoms with E-state index in [1.807, 2.05) is 0 Å². The third-order valence-corrected chi connectivity index (χ3v) is 3.82. The number of hydrogen-bond acceptors (Lipinski definition) is 5. The summed E-state index contributed by atoms with van der Waals surface area (Å²) in [5.74, 6) is -0.176. The number of esters is 1. The van der Waals surface area contributed by atoms with Crippen LogP contribution in [0.15, 0.2) is 5.38 Å². The van der Waals surface area contributed by atoms with Gasteiger partial charge in [0.2, 0.25) is 0 Å². The molecule has 1 rings (SSSR count). The molecule has 0 aliphatic carbocycles. The molecule has 4 nitrogen and oxygen atoms in total. The van der Waals surface area contributed by atoms with Gasteiger partial charge < -0.3 is 9.84 Å². The van der Waals surface area contributed by atoms with Gasteiger partial charge in [0.1, 0.15) is 0 Å². The minimum absolute atomic E-state index is 0. The number of carbonyl (C=O) groups excluding carboxylic acids is 1. The molecular weight excluding hydrogens is 489 g/mol. The van der Waals surface area contributed by atoms with Gasteiger partial charge in [-0.1, -0.05) is 13.8 Å². The molecule has 0 unspecified atom stereocenters. The Morgan fingerprint density at radius 1 is 1.45 bits per heavy atom. The van der Waals surface area contributed by atoms with Gasteiger partial charge in [-0.3, -0.25) is 4.79 Å². The maximum atomic E-state index is 11.3. The molecule has 1 aromatic rings. The van der Waals surface area contributed by atoms with Crippen molar-refractivity contribution in [1.29, 1.82) is 0 Å². The molecule has 0 spiro atoms. The van der Waals surface area contributed by atoms with Crippen LogP contribution in [-0.4, -0.2) is 29.8 Å². The maximum absolute atomic E-state index is 11.3. The van der Waals surface area contributed by atoms with Crippen LogP contribution in [0.1, 0.15) is 43.8 Å². The van der Waals surface area contributed by atoms with Gasteiger partial charge in [-0.15, -0.1) is 11.3 Å². The molecular formula is C14H23AcNO3S. The fraction of sp³-hybridized carbons (Fsp3) is 0.714. The molecule has 0 aromatic carbocycles. The second-order valence-corrected chi connectivity index (χ2v) is 6.45. The monoisotopic (exact) mass is 512 g/mol. The smallest absolute Gasteiger partial charge is 0.306 e. The topological polar surface area (TPSA) is 59.4 Å². The van der Waals surface area contributed by atoms with Crippen LogP contribution in [0.25, 0.3) is 0 Å². The van der Waals surface area contributed by atoms with E-state index in [-0.39, 0.29) is 62.1 Å². The summed E-state index contributed by atoms with van der Waals surface area (Å²) in [7, 11) is 1.42. The minimum Gasteiger partial charge on any atom is -0.469 e. The third kappa shape index (κ3) is 8.07. The average molecular weight is 512 g/mol. The van der Waals surface area contributed by atoms with E-state index < -0.39 is 0 Å². The zero-order valence-electron chi connectivity index (χ0n) is 12.5. The van der Waals surface area contributed by atoms with Crippen LogP contribution >= 0.6 is 11.3 Å². The predicted molar refractivity (Wildman–Crippen MR) is 76.3 cm³/mol. The molecule has 0 saturated carbocycles. The molecule has 1 N–H and O–H groups in total. The Hall–Kier alpha value is 0.502. The number of nitrogens with zero attached hydrogens (tertiary/aromatic N) is 1. The van der Waals surface area contributed by atoms with Crippen molar-refractivity contribution in [2.75, 3.05) is 13.7 Å². The number of aryl methyl sites for hydroxylation is 1. The summed E-state index contributed by atoms with van der Waals surface area (Å²) in [5.41, 5.74) is 0.954. The number of carbonyl (C=O) groups is 1. The van der Waals surface area contributed by atoms with Gasteiger partial charge in [-0.05, 0) is 24.7 Å². The molecule has 0 fully saturated rings. The minimum atomic E-state index is -0.176. The molecule has 1 aromatic heterocycles. The quantitative estimate of drug-likeness (QED) is 0.430.